The van der Waals surface area contributed by atoms with E-state index in [4.69, 9.17) is 0 Å². The maximum atomic E-state index is 12.6. The van der Waals surface area contributed by atoms with Gasteiger partial charge in [-0.15, -0.1) is 0 Å². The third-order valence-corrected chi connectivity index (χ3v) is 3.81. The molecular formula is C13H16BrF3N2. The van der Waals surface area contributed by atoms with Crippen LogP contribution in [0, 0.1) is 0 Å². The summed E-state index contributed by atoms with van der Waals surface area (Å²) >= 11 is 3.42. The second kappa shape index (κ2) is 5.71. The number of nitrogens with zero attached hydrogens (tertiary/aromatic N) is 1. The Balaban J connectivity index is 2.20. The monoisotopic (exact) mass is 336 g/mol. The lowest BCUT2D eigenvalue weighted by atomic mass is 10.2. The van der Waals surface area contributed by atoms with Gasteiger partial charge in [-0.3, -0.25) is 0 Å². The van der Waals surface area contributed by atoms with Crippen LogP contribution in [-0.2, 0) is 6.54 Å². The van der Waals surface area contributed by atoms with Crippen molar-refractivity contribution in [3.63, 3.8) is 0 Å². The Morgan fingerprint density at radius 2 is 2.05 bits per heavy atom. The molecule has 0 radical (unpaired) electrons. The highest BCUT2D eigenvalue weighted by molar-refractivity contribution is 9.10. The fourth-order valence-electron chi connectivity index (χ4n) is 2.06. The number of alkyl halides is 3. The third kappa shape index (κ3) is 4.11. The number of hydrogen-bond donors (Lipinski definition) is 1. The van der Waals surface area contributed by atoms with Crippen molar-refractivity contribution in [1.29, 1.82) is 0 Å². The van der Waals surface area contributed by atoms with Crippen LogP contribution in [0.15, 0.2) is 22.7 Å². The SMILES string of the molecule is CNCc1ccc(N(CC(F)(F)F)C2CC2)cc1Br. The Morgan fingerprint density at radius 1 is 1.37 bits per heavy atom. The zero-order chi connectivity index (χ0) is 14.0. The van der Waals surface area contributed by atoms with Crippen LogP contribution in [0.3, 0.4) is 0 Å². The molecular weight excluding hydrogens is 321 g/mol. The molecule has 1 aromatic carbocycles. The molecule has 1 fully saturated rings. The van der Waals surface area contributed by atoms with E-state index >= 15 is 0 Å². The topological polar surface area (TPSA) is 15.3 Å². The van der Waals surface area contributed by atoms with Gasteiger partial charge in [0.05, 0.1) is 0 Å². The van der Waals surface area contributed by atoms with Gasteiger partial charge in [0.1, 0.15) is 6.54 Å². The molecule has 0 amide bonds. The first-order chi connectivity index (χ1) is 8.90. The predicted molar refractivity (Wildman–Crippen MR) is 73.3 cm³/mol. The molecule has 1 aromatic rings. The number of halogens is 4. The van der Waals surface area contributed by atoms with E-state index in [-0.39, 0.29) is 6.04 Å². The maximum Gasteiger partial charge on any atom is 0.405 e. The van der Waals surface area contributed by atoms with Crippen LogP contribution in [0.25, 0.3) is 0 Å². The predicted octanol–water partition coefficient (Wildman–Crippen LogP) is 3.70. The van der Waals surface area contributed by atoms with Crippen molar-refractivity contribution in [1.82, 2.24) is 5.32 Å². The smallest absolute Gasteiger partial charge is 0.359 e. The molecule has 1 aliphatic carbocycles. The fourth-order valence-corrected chi connectivity index (χ4v) is 2.57. The van der Waals surface area contributed by atoms with Crippen LogP contribution in [0.4, 0.5) is 18.9 Å². The van der Waals surface area contributed by atoms with Gasteiger partial charge in [0.2, 0.25) is 0 Å². The molecule has 0 saturated heterocycles. The first-order valence-corrected chi connectivity index (χ1v) is 6.96. The van der Waals surface area contributed by atoms with E-state index in [0.717, 1.165) is 22.9 Å². The summed E-state index contributed by atoms with van der Waals surface area (Å²) < 4.78 is 38.7. The second-order valence-corrected chi connectivity index (χ2v) is 5.63. The highest BCUT2D eigenvalue weighted by Crippen LogP contribution is 2.36. The largest absolute Gasteiger partial charge is 0.405 e. The number of nitrogens with one attached hydrogen (secondary N) is 1. The zero-order valence-corrected chi connectivity index (χ0v) is 12.2. The third-order valence-electron chi connectivity index (χ3n) is 3.07. The minimum Gasteiger partial charge on any atom is -0.359 e. The lowest BCUT2D eigenvalue weighted by Gasteiger charge is -2.26. The van der Waals surface area contributed by atoms with Crippen molar-refractivity contribution in [3.05, 3.63) is 28.2 Å². The molecule has 0 heterocycles. The average Bonchev–Trinajstić information content (AvgIpc) is 3.12. The molecule has 1 saturated carbocycles. The molecule has 2 nitrogen and oxygen atoms in total. The van der Waals surface area contributed by atoms with E-state index in [1.165, 1.54) is 4.90 Å². The quantitative estimate of drug-likeness (QED) is 0.881. The van der Waals surface area contributed by atoms with Gasteiger partial charge < -0.3 is 10.2 Å². The van der Waals surface area contributed by atoms with E-state index in [2.05, 4.69) is 21.2 Å². The minimum atomic E-state index is -4.17. The van der Waals surface area contributed by atoms with Gasteiger partial charge in [-0.05, 0) is 37.6 Å². The highest BCUT2D eigenvalue weighted by Gasteiger charge is 2.38. The molecule has 1 N–H and O–H groups in total. The van der Waals surface area contributed by atoms with Crippen LogP contribution in [0.2, 0.25) is 0 Å². The standard InChI is InChI=1S/C13H16BrF3N2/c1-18-7-9-2-3-11(6-12(9)14)19(10-4-5-10)8-13(15,16)17/h2-3,6,10,18H,4-5,7-8H2,1H3. The molecule has 19 heavy (non-hydrogen) atoms. The van der Waals surface area contributed by atoms with E-state index in [0.29, 0.717) is 12.2 Å². The first kappa shape index (κ1) is 14.7. The molecule has 6 heteroatoms. The highest BCUT2D eigenvalue weighted by atomic mass is 79.9. The van der Waals surface area contributed by atoms with Crippen molar-refractivity contribution in [2.45, 2.75) is 31.6 Å². The molecule has 0 aromatic heterocycles. The van der Waals surface area contributed by atoms with E-state index in [1.807, 2.05) is 13.1 Å². The van der Waals surface area contributed by atoms with Crippen LogP contribution < -0.4 is 10.2 Å². The summed E-state index contributed by atoms with van der Waals surface area (Å²) in [5, 5.41) is 3.02. The van der Waals surface area contributed by atoms with Crippen LogP contribution in [0.5, 0.6) is 0 Å². The van der Waals surface area contributed by atoms with Crippen molar-refractivity contribution >= 4 is 21.6 Å². The van der Waals surface area contributed by atoms with Crippen molar-refractivity contribution in [2.24, 2.45) is 0 Å². The molecule has 0 atom stereocenters. The lowest BCUT2D eigenvalue weighted by Crippen LogP contribution is -2.36. The van der Waals surface area contributed by atoms with Gasteiger partial charge in [-0.2, -0.15) is 13.2 Å². The Labute approximate surface area is 119 Å². The zero-order valence-electron chi connectivity index (χ0n) is 10.6. The number of rotatable bonds is 5. The Bertz CT molecular complexity index is 444. The van der Waals surface area contributed by atoms with Crippen molar-refractivity contribution < 1.29 is 13.2 Å². The summed E-state index contributed by atoms with van der Waals surface area (Å²) in [6, 6.07) is 5.43. The summed E-state index contributed by atoms with van der Waals surface area (Å²) in [6.45, 7) is -0.195. The van der Waals surface area contributed by atoms with Gasteiger partial charge in [0.25, 0.3) is 0 Å². The molecule has 106 valence electrons. The Morgan fingerprint density at radius 3 is 2.53 bits per heavy atom. The van der Waals surface area contributed by atoms with Crippen molar-refractivity contribution in [2.75, 3.05) is 18.5 Å². The molecule has 0 unspecified atom stereocenters. The average molecular weight is 337 g/mol. The number of benzene rings is 1. The van der Waals surface area contributed by atoms with Crippen LogP contribution in [0.1, 0.15) is 18.4 Å². The minimum absolute atomic E-state index is 0.0312. The van der Waals surface area contributed by atoms with Crippen LogP contribution >= 0.6 is 15.9 Å². The molecule has 0 bridgehead atoms. The summed E-state index contributed by atoms with van der Waals surface area (Å²) in [7, 11) is 1.83. The lowest BCUT2D eigenvalue weighted by molar-refractivity contribution is -0.120. The molecule has 2 rings (SSSR count). The summed E-state index contributed by atoms with van der Waals surface area (Å²) in [5.41, 5.74) is 1.67. The fraction of sp³-hybridized carbons (Fsp3) is 0.538. The van der Waals surface area contributed by atoms with Crippen molar-refractivity contribution in [3.8, 4) is 0 Å². The molecule has 1 aliphatic rings. The van der Waals surface area contributed by atoms with E-state index in [1.54, 1.807) is 12.1 Å². The first-order valence-electron chi connectivity index (χ1n) is 6.17. The van der Waals surface area contributed by atoms with Gasteiger partial charge >= 0.3 is 6.18 Å². The van der Waals surface area contributed by atoms with E-state index in [9.17, 15) is 13.2 Å². The van der Waals surface area contributed by atoms with Gasteiger partial charge in [0.15, 0.2) is 0 Å². The Hall–Kier alpha value is -0.750. The summed E-state index contributed by atoms with van der Waals surface area (Å²) in [4.78, 5) is 1.45. The Kier molecular flexibility index (Phi) is 4.40. The number of anilines is 1. The summed E-state index contributed by atoms with van der Waals surface area (Å²) in [6.07, 6.45) is -2.49. The normalized spacial score (nSPS) is 15.6. The van der Waals surface area contributed by atoms with Crippen LogP contribution in [-0.4, -0.2) is 25.8 Å². The molecule has 0 spiro atoms. The van der Waals surface area contributed by atoms with Gasteiger partial charge in [-0.25, -0.2) is 0 Å². The van der Waals surface area contributed by atoms with Gasteiger partial charge in [-0.1, -0.05) is 22.0 Å². The number of hydrogen-bond acceptors (Lipinski definition) is 2. The molecule has 0 aliphatic heterocycles. The second-order valence-electron chi connectivity index (χ2n) is 4.78. The summed E-state index contributed by atoms with van der Waals surface area (Å²) in [5.74, 6) is 0. The maximum absolute atomic E-state index is 12.6. The van der Waals surface area contributed by atoms with E-state index < -0.39 is 12.7 Å². The van der Waals surface area contributed by atoms with Gasteiger partial charge in [0, 0.05) is 22.7 Å².